The Kier molecular flexibility index (Phi) is 29.1. The summed E-state index contributed by atoms with van der Waals surface area (Å²) >= 11 is 0. The van der Waals surface area contributed by atoms with Crippen LogP contribution in [0.5, 0.6) is 0 Å². The number of amides is 2. The second-order valence-corrected chi connectivity index (χ2v) is 5.30. The number of hydrogen-bond donors (Lipinski definition) is 3. The Morgan fingerprint density at radius 1 is 1.25 bits per heavy atom. The van der Waals surface area contributed by atoms with Crippen LogP contribution in [0.15, 0.2) is 30.3 Å². The summed E-state index contributed by atoms with van der Waals surface area (Å²) in [7, 11) is 5.04. The number of carbonyl (C=O) groups is 3. The molecule has 2 amide bonds. The summed E-state index contributed by atoms with van der Waals surface area (Å²) in [5.41, 5.74) is 1.32. The maximum absolute atomic E-state index is 10.7. The maximum Gasteiger partial charge on any atom is 0.290 e. The summed E-state index contributed by atoms with van der Waals surface area (Å²) in [4.78, 5) is 39.3. The number of rotatable bonds is 7. The van der Waals surface area contributed by atoms with E-state index in [4.69, 9.17) is 9.90 Å². The summed E-state index contributed by atoms with van der Waals surface area (Å²) in [5, 5.41) is 12.5. The molecular weight excluding hydrogens is 607 g/mol. The molecule has 0 radical (unpaired) electrons. The van der Waals surface area contributed by atoms with Crippen molar-refractivity contribution in [3.8, 4) is 0 Å². The summed E-state index contributed by atoms with van der Waals surface area (Å²) in [5.74, 6) is 0.113. The summed E-state index contributed by atoms with van der Waals surface area (Å²) in [6, 6.07) is 10.7. The van der Waals surface area contributed by atoms with Gasteiger partial charge in [-0.3, -0.25) is 9.59 Å². The molecule has 3 N–H and O–H groups in total. The number of nitrogens with zero attached hydrogens (tertiary/aromatic N) is 1. The molecule has 1 rings (SSSR count). The molecule has 1 aromatic carbocycles. The van der Waals surface area contributed by atoms with Crippen molar-refractivity contribution in [2.45, 2.75) is 32.7 Å². The first-order chi connectivity index (χ1) is 12.8. The number of hydrogen-bond acceptors (Lipinski definition) is 5. The van der Waals surface area contributed by atoms with Crippen LogP contribution in [-0.2, 0) is 19.2 Å². The van der Waals surface area contributed by atoms with Crippen LogP contribution in [-0.4, -0.2) is 68.8 Å². The third-order valence-electron chi connectivity index (χ3n) is 3.02. The van der Waals surface area contributed by atoms with Crippen molar-refractivity contribution in [3.05, 3.63) is 35.9 Å². The van der Waals surface area contributed by atoms with E-state index in [1.807, 2.05) is 25.2 Å². The molecule has 1 unspecified atom stereocenters. The van der Waals surface area contributed by atoms with Crippen molar-refractivity contribution in [1.29, 1.82) is 0 Å². The second kappa shape index (κ2) is 25.5. The Hall–Kier alpha value is -3.74. The van der Waals surface area contributed by atoms with E-state index in [0.717, 1.165) is 11.3 Å². The molecule has 0 aromatic heterocycles. The molecule has 166 valence electrons. The Morgan fingerprint density at radius 2 is 1.75 bits per heavy atom. The van der Waals surface area contributed by atoms with Crippen LogP contribution in [0, 0.1) is 6.92 Å². The molecular formula is C19H32FmN3O5-. The van der Waals surface area contributed by atoms with Gasteiger partial charge in [-0.05, 0) is 34.4 Å². The van der Waals surface area contributed by atoms with Crippen LogP contribution in [0.1, 0.15) is 25.3 Å². The van der Waals surface area contributed by atoms with Crippen LogP contribution < -0.4 is 10.6 Å². The molecule has 8 nitrogen and oxygen atoms in total. The summed E-state index contributed by atoms with van der Waals surface area (Å²) < 4.78 is 0. The Labute approximate surface area is 161 Å². The van der Waals surface area contributed by atoms with E-state index in [2.05, 4.69) is 36.6 Å². The van der Waals surface area contributed by atoms with E-state index in [9.17, 15) is 14.4 Å². The monoisotopic (exact) mass is 639 g/mol. The largest absolute Gasteiger partial charge is 0.520 e. The van der Waals surface area contributed by atoms with Crippen LogP contribution in [0.4, 0.5) is 0 Å². The minimum Gasteiger partial charge on any atom is -0.520 e. The fourth-order valence-corrected chi connectivity index (χ4v) is 1.30. The van der Waals surface area contributed by atoms with Crippen LogP contribution in [0.3, 0.4) is 0 Å². The molecule has 0 heterocycles. The molecule has 1 aromatic rings. The van der Waals surface area contributed by atoms with Crippen molar-refractivity contribution in [3.63, 3.8) is 0 Å². The molecule has 0 spiro atoms. The third-order valence-corrected chi connectivity index (χ3v) is 3.02. The molecule has 0 saturated heterocycles. The SMILES string of the molecule is CN([C-]=O)CC=O.CNC(=O)CCC(C)NC.Cc1ccccc1.O=CO.[Fm]. The molecule has 0 saturated carbocycles. The fourth-order valence-electron chi connectivity index (χ4n) is 1.30. The normalized spacial score (nSPS) is 9.04. The molecule has 0 bridgehead atoms. The molecule has 0 aliphatic rings. The van der Waals surface area contributed by atoms with Gasteiger partial charge >= 0.3 is 0 Å². The minimum absolute atomic E-state index is 0. The number of carboxylic acid groups (broad SMARTS) is 1. The number of aldehydes is 1. The van der Waals surface area contributed by atoms with Crippen molar-refractivity contribution in [1.82, 2.24) is 15.5 Å². The quantitative estimate of drug-likeness (QED) is 0.233. The minimum atomic E-state index is -0.250. The third kappa shape index (κ3) is 30.2. The molecule has 1 atom stereocenters. The van der Waals surface area contributed by atoms with E-state index in [0.29, 0.717) is 18.7 Å². The van der Waals surface area contributed by atoms with Gasteiger partial charge in [-0.15, -0.1) is 0 Å². The summed E-state index contributed by atoms with van der Waals surface area (Å²) in [6.45, 7) is 4.02. The van der Waals surface area contributed by atoms with Gasteiger partial charge in [0.25, 0.3) is 6.47 Å². The molecule has 0 aliphatic heterocycles. The van der Waals surface area contributed by atoms with Crippen molar-refractivity contribution in [2.75, 3.05) is 27.7 Å². The molecule has 28 heavy (non-hydrogen) atoms. The first-order valence-corrected chi connectivity index (χ1v) is 8.32. The zero-order chi connectivity index (χ0) is 21.5. The van der Waals surface area contributed by atoms with Gasteiger partial charge in [0.15, 0.2) is 0 Å². The van der Waals surface area contributed by atoms with Crippen LogP contribution >= 0.6 is 0 Å². The van der Waals surface area contributed by atoms with Gasteiger partial charge in [0.05, 0.1) is 0 Å². The van der Waals surface area contributed by atoms with Gasteiger partial charge in [0.1, 0.15) is 6.29 Å². The predicted octanol–water partition coefficient (Wildman–Crippen LogP) is 1.00. The van der Waals surface area contributed by atoms with E-state index < -0.39 is 0 Å². The standard InChI is InChI=1S/C7H16N2O.C7H8.C4H6NO2.CH2O2.Fm/c1-6(8-2)4-5-7(10)9-3;1-7-5-3-2-4-6-7;1-5(4-7)2-3-6;2-1-3;/h6,8H,4-5H2,1-3H3,(H,9,10);2-6H,1H3;3H,2H2,1H3;1H,(H,2,3);/q;;-1;;. The van der Waals surface area contributed by atoms with Gasteiger partial charge in [0.2, 0.25) is 5.91 Å². The van der Waals surface area contributed by atoms with Crippen molar-refractivity contribution in [2.24, 2.45) is 0 Å². The van der Waals surface area contributed by atoms with Gasteiger partial charge < -0.3 is 30.2 Å². The second-order valence-electron chi connectivity index (χ2n) is 5.30. The molecule has 0 aliphatic carbocycles. The van der Waals surface area contributed by atoms with Gasteiger partial charge in [0, 0.05) is 26.1 Å². The van der Waals surface area contributed by atoms with E-state index in [1.54, 1.807) is 7.05 Å². The Balaban J connectivity index is -0.000000144. The Morgan fingerprint density at radius 3 is 2.00 bits per heavy atom. The average Bonchev–Trinajstić information content (AvgIpc) is 2.68. The fraction of sp³-hybridized carbons (Fsp3) is 0.474. The zero-order valence-electron chi connectivity index (χ0n) is 17.1. The van der Waals surface area contributed by atoms with Crippen molar-refractivity contribution < 1.29 is 24.3 Å². The number of benzene rings is 1. The molecule has 9 heteroatoms. The van der Waals surface area contributed by atoms with E-state index >= 15 is 0 Å². The van der Waals surface area contributed by atoms with Gasteiger partial charge in [-0.1, -0.05) is 35.9 Å². The Bertz CT molecular complexity index is 490. The van der Waals surface area contributed by atoms with E-state index in [1.165, 1.54) is 19.0 Å². The number of carbonyl (C=O) groups excluding carboxylic acids is 3. The van der Waals surface area contributed by atoms with Crippen LogP contribution in [0.25, 0.3) is 0 Å². The zero-order valence-corrected chi connectivity index (χ0v) is 19.5. The average molecular weight is 639 g/mol. The maximum atomic E-state index is 10.7. The number of aryl methyl sites for hydroxylation is 1. The van der Waals surface area contributed by atoms with E-state index in [-0.39, 0.29) is 18.9 Å². The number of nitrogens with one attached hydrogen (secondary N) is 2. The number of likely N-dealkylation sites (N-methyl/N-ethyl adjacent to an activating group) is 1. The topological polar surface area (TPSA) is 116 Å². The smallest absolute Gasteiger partial charge is 0.290 e. The van der Waals surface area contributed by atoms with Gasteiger partial charge in [-0.25, -0.2) is 0 Å². The first-order valence-electron chi connectivity index (χ1n) is 8.32. The van der Waals surface area contributed by atoms with Crippen molar-refractivity contribution >= 4 is 25.1 Å². The van der Waals surface area contributed by atoms with Crippen LogP contribution in [0.2, 0.25) is 0 Å². The van der Waals surface area contributed by atoms with Gasteiger partial charge in [-0.2, -0.15) is 6.41 Å². The predicted molar refractivity (Wildman–Crippen MR) is 106 cm³/mol. The first kappa shape index (κ1) is 32.0. The summed E-state index contributed by atoms with van der Waals surface area (Å²) in [6.07, 6.45) is 3.67. The molecule has 0 fully saturated rings.